The van der Waals surface area contributed by atoms with Crippen LogP contribution in [0.15, 0.2) is 4.79 Å². The third-order valence-corrected chi connectivity index (χ3v) is 1.95. The topological polar surface area (TPSA) is 95.1 Å². The van der Waals surface area contributed by atoms with E-state index >= 15 is 0 Å². The first-order valence-electron chi connectivity index (χ1n) is 4.53. The maximum atomic E-state index is 11.4. The van der Waals surface area contributed by atoms with Crippen molar-refractivity contribution in [1.82, 2.24) is 15.3 Å². The summed E-state index contributed by atoms with van der Waals surface area (Å²) >= 11 is 0. The van der Waals surface area contributed by atoms with Gasteiger partial charge in [-0.25, -0.2) is 4.98 Å². The maximum absolute atomic E-state index is 11.4. The van der Waals surface area contributed by atoms with Crippen LogP contribution in [0.2, 0.25) is 0 Å². The molecule has 6 heteroatoms. The van der Waals surface area contributed by atoms with Gasteiger partial charge in [-0.1, -0.05) is 0 Å². The largest absolute Gasteiger partial charge is 0.395 e. The zero-order valence-electron chi connectivity index (χ0n) is 8.63. The van der Waals surface area contributed by atoms with Crippen LogP contribution in [0.1, 0.15) is 21.9 Å². The SMILES string of the molecule is Cc1nc(C(=O)NCCO)c(=O)[nH]c1C. The Morgan fingerprint density at radius 2 is 2.20 bits per heavy atom. The average molecular weight is 211 g/mol. The van der Waals surface area contributed by atoms with Crippen molar-refractivity contribution in [3.05, 3.63) is 27.4 Å². The van der Waals surface area contributed by atoms with Gasteiger partial charge < -0.3 is 15.4 Å². The van der Waals surface area contributed by atoms with Gasteiger partial charge in [0.15, 0.2) is 5.69 Å². The average Bonchev–Trinajstić information content (AvgIpc) is 2.20. The molecule has 0 aliphatic heterocycles. The number of carbonyl (C=O) groups excluding carboxylic acids is 1. The molecule has 0 saturated carbocycles. The monoisotopic (exact) mass is 211 g/mol. The van der Waals surface area contributed by atoms with Crippen LogP contribution in [0.25, 0.3) is 0 Å². The zero-order chi connectivity index (χ0) is 11.4. The van der Waals surface area contributed by atoms with Crippen LogP contribution < -0.4 is 10.9 Å². The smallest absolute Gasteiger partial charge is 0.279 e. The molecule has 1 amide bonds. The summed E-state index contributed by atoms with van der Waals surface area (Å²) in [6, 6.07) is 0. The number of aliphatic hydroxyl groups is 1. The number of aryl methyl sites for hydroxylation is 2. The first kappa shape index (κ1) is 11.4. The van der Waals surface area contributed by atoms with Gasteiger partial charge >= 0.3 is 0 Å². The highest BCUT2D eigenvalue weighted by Gasteiger charge is 2.12. The fraction of sp³-hybridized carbons (Fsp3) is 0.444. The molecular weight excluding hydrogens is 198 g/mol. The van der Waals surface area contributed by atoms with E-state index in [1.807, 2.05) is 0 Å². The number of H-pyrrole nitrogens is 1. The van der Waals surface area contributed by atoms with E-state index in [-0.39, 0.29) is 18.8 Å². The summed E-state index contributed by atoms with van der Waals surface area (Å²) in [6.45, 7) is 3.34. The minimum Gasteiger partial charge on any atom is -0.395 e. The van der Waals surface area contributed by atoms with Crippen LogP contribution in [0.4, 0.5) is 0 Å². The molecule has 0 aliphatic carbocycles. The van der Waals surface area contributed by atoms with Gasteiger partial charge in [-0.15, -0.1) is 0 Å². The molecule has 6 nitrogen and oxygen atoms in total. The number of hydrogen-bond donors (Lipinski definition) is 3. The molecule has 1 heterocycles. The highest BCUT2D eigenvalue weighted by molar-refractivity contribution is 5.91. The van der Waals surface area contributed by atoms with Crippen LogP contribution >= 0.6 is 0 Å². The number of rotatable bonds is 3. The Labute approximate surface area is 86.4 Å². The summed E-state index contributed by atoms with van der Waals surface area (Å²) in [7, 11) is 0. The third-order valence-electron chi connectivity index (χ3n) is 1.95. The number of amides is 1. The van der Waals surface area contributed by atoms with E-state index in [4.69, 9.17) is 5.11 Å². The molecule has 3 N–H and O–H groups in total. The van der Waals surface area contributed by atoms with Crippen LogP contribution in [-0.2, 0) is 0 Å². The van der Waals surface area contributed by atoms with Crippen LogP contribution in [0.3, 0.4) is 0 Å². The molecule has 0 unspecified atom stereocenters. The highest BCUT2D eigenvalue weighted by Crippen LogP contribution is 1.96. The predicted octanol–water partition coefficient (Wildman–Crippen LogP) is -0.891. The number of nitrogens with zero attached hydrogens (tertiary/aromatic N) is 1. The van der Waals surface area contributed by atoms with Gasteiger partial charge in [-0.2, -0.15) is 0 Å². The fourth-order valence-corrected chi connectivity index (χ4v) is 1.03. The number of aromatic nitrogens is 2. The lowest BCUT2D eigenvalue weighted by Gasteiger charge is -2.04. The van der Waals surface area contributed by atoms with E-state index in [0.29, 0.717) is 11.4 Å². The molecule has 1 aromatic rings. The summed E-state index contributed by atoms with van der Waals surface area (Å²) < 4.78 is 0. The Hall–Kier alpha value is -1.69. The van der Waals surface area contributed by atoms with Gasteiger partial charge in [0.2, 0.25) is 0 Å². The molecule has 82 valence electrons. The lowest BCUT2D eigenvalue weighted by Crippen LogP contribution is -2.33. The number of hydrogen-bond acceptors (Lipinski definition) is 4. The highest BCUT2D eigenvalue weighted by atomic mass is 16.3. The minimum atomic E-state index is -0.576. The first-order chi connectivity index (χ1) is 7.06. The number of aliphatic hydroxyl groups excluding tert-OH is 1. The van der Waals surface area contributed by atoms with Crippen LogP contribution in [0.5, 0.6) is 0 Å². The quantitative estimate of drug-likeness (QED) is 0.604. The second-order valence-corrected chi connectivity index (χ2v) is 3.10. The number of nitrogens with one attached hydrogen (secondary N) is 2. The van der Waals surface area contributed by atoms with Gasteiger partial charge in [0, 0.05) is 12.2 Å². The molecule has 0 fully saturated rings. The molecule has 0 atom stereocenters. The Bertz CT molecular complexity index is 425. The number of carbonyl (C=O) groups is 1. The molecule has 0 aromatic carbocycles. The molecular formula is C9H13N3O3. The third kappa shape index (κ3) is 2.63. The van der Waals surface area contributed by atoms with Crippen LogP contribution in [-0.4, -0.2) is 34.1 Å². The summed E-state index contributed by atoms with van der Waals surface area (Å²) in [4.78, 5) is 29.1. The molecule has 0 aliphatic rings. The maximum Gasteiger partial charge on any atom is 0.279 e. The second-order valence-electron chi connectivity index (χ2n) is 3.10. The Balaban J connectivity index is 2.99. The van der Waals surface area contributed by atoms with Gasteiger partial charge in [0.1, 0.15) is 0 Å². The zero-order valence-corrected chi connectivity index (χ0v) is 8.63. The summed E-state index contributed by atoms with van der Waals surface area (Å²) in [5.41, 5.74) is 0.544. The predicted molar refractivity (Wildman–Crippen MR) is 53.8 cm³/mol. The first-order valence-corrected chi connectivity index (χ1v) is 4.53. The normalized spacial score (nSPS) is 10.1. The van der Waals surface area contributed by atoms with E-state index in [2.05, 4.69) is 15.3 Å². The molecule has 0 spiro atoms. The fourth-order valence-electron chi connectivity index (χ4n) is 1.03. The minimum absolute atomic E-state index is 0.104. The Morgan fingerprint density at radius 1 is 1.53 bits per heavy atom. The second kappa shape index (κ2) is 4.70. The molecule has 0 bridgehead atoms. The standard InChI is InChI=1S/C9H13N3O3/c1-5-6(2)12-9(15)7(11-5)8(14)10-3-4-13/h13H,3-4H2,1-2H3,(H,10,14)(H,12,15). The molecule has 0 saturated heterocycles. The van der Waals surface area contributed by atoms with Crippen molar-refractivity contribution in [2.75, 3.05) is 13.2 Å². The van der Waals surface area contributed by atoms with Crippen molar-refractivity contribution >= 4 is 5.91 Å². The van der Waals surface area contributed by atoms with Crippen molar-refractivity contribution < 1.29 is 9.90 Å². The van der Waals surface area contributed by atoms with Gasteiger partial charge in [-0.3, -0.25) is 9.59 Å². The summed E-state index contributed by atoms with van der Waals surface area (Å²) in [5, 5.41) is 10.9. The molecule has 0 radical (unpaired) electrons. The van der Waals surface area contributed by atoms with Crippen LogP contribution in [0, 0.1) is 13.8 Å². The number of aromatic amines is 1. The van der Waals surface area contributed by atoms with E-state index in [9.17, 15) is 9.59 Å². The van der Waals surface area contributed by atoms with Crippen molar-refractivity contribution in [2.24, 2.45) is 0 Å². The van der Waals surface area contributed by atoms with Gasteiger partial charge in [-0.05, 0) is 13.8 Å². The lowest BCUT2D eigenvalue weighted by atomic mass is 10.3. The van der Waals surface area contributed by atoms with Gasteiger partial charge in [0.25, 0.3) is 11.5 Å². The molecule has 15 heavy (non-hydrogen) atoms. The summed E-state index contributed by atoms with van der Waals surface area (Å²) in [6.07, 6.45) is 0. The Morgan fingerprint density at radius 3 is 2.80 bits per heavy atom. The van der Waals surface area contributed by atoms with Crippen molar-refractivity contribution in [1.29, 1.82) is 0 Å². The van der Waals surface area contributed by atoms with Crippen molar-refractivity contribution in [3.63, 3.8) is 0 Å². The van der Waals surface area contributed by atoms with E-state index in [1.54, 1.807) is 13.8 Å². The lowest BCUT2D eigenvalue weighted by molar-refractivity contribution is 0.0938. The van der Waals surface area contributed by atoms with E-state index < -0.39 is 11.5 Å². The molecule has 1 rings (SSSR count). The Kier molecular flexibility index (Phi) is 3.56. The molecule has 1 aromatic heterocycles. The van der Waals surface area contributed by atoms with Crippen molar-refractivity contribution in [2.45, 2.75) is 13.8 Å². The van der Waals surface area contributed by atoms with E-state index in [1.165, 1.54) is 0 Å². The summed E-state index contributed by atoms with van der Waals surface area (Å²) in [5.74, 6) is -0.576. The van der Waals surface area contributed by atoms with Gasteiger partial charge in [0.05, 0.1) is 12.3 Å². The van der Waals surface area contributed by atoms with Crippen molar-refractivity contribution in [3.8, 4) is 0 Å². The van der Waals surface area contributed by atoms with E-state index in [0.717, 1.165) is 0 Å².